The molecule has 2 aromatic carbocycles. The first kappa shape index (κ1) is 33.4. The lowest BCUT2D eigenvalue weighted by Crippen LogP contribution is -2.66. The molecule has 1 amide bonds. The smallest absolute Gasteiger partial charge is 0.339 e. The number of carbonyl (C=O) groups excluding carboxylic acids is 1. The van der Waals surface area contributed by atoms with Crippen LogP contribution in [-0.4, -0.2) is 49.6 Å². The minimum absolute atomic E-state index is 0.305. The summed E-state index contributed by atoms with van der Waals surface area (Å²) in [5.74, 6) is -4.21. The summed E-state index contributed by atoms with van der Waals surface area (Å²) in [6, 6.07) is 7.44. The molecule has 1 unspecified atom stereocenters. The average molecular weight is 621 g/mol. The van der Waals surface area contributed by atoms with Gasteiger partial charge in [0.2, 0.25) is 5.91 Å². The Kier molecular flexibility index (Phi) is 10.2. The maximum absolute atomic E-state index is 14.7. The van der Waals surface area contributed by atoms with Crippen molar-refractivity contribution < 1.29 is 35.2 Å². The van der Waals surface area contributed by atoms with Gasteiger partial charge in [-0.2, -0.15) is 23.7 Å². The van der Waals surface area contributed by atoms with E-state index < -0.39 is 80.8 Å². The molecule has 0 aromatic heterocycles. The number of halogens is 5. The van der Waals surface area contributed by atoms with Crippen LogP contribution in [0.5, 0.6) is 0 Å². The Morgan fingerprint density at radius 2 is 1.70 bits per heavy atom. The fraction of sp³-hybridized carbons (Fsp3) is 0.367. The Morgan fingerprint density at radius 1 is 1.09 bits per heavy atom. The molecule has 4 atom stereocenters. The van der Waals surface area contributed by atoms with Gasteiger partial charge in [0.25, 0.3) is 0 Å². The summed E-state index contributed by atoms with van der Waals surface area (Å²) >= 11 is 0. The number of nitrogens with zero attached hydrogens (tertiary/aromatic N) is 2. The standard InChI is InChI=1S/C30H29F5N4O3S/c1-18(2)26(27(40)38-22(17-37)15-23-24(31)13-19(16-36)14-25(23)32)39-28(30(33,34)35)29(43(3,41)42)11-9-21(10-12-29)20-7-5-4-6-8-20/h4-11,13-14,18,22,26,28,39H,12,15H2,1-3H3,(H,38,40)/t22-,26?,28+,29+/m0/s1. The fourth-order valence-electron chi connectivity index (χ4n) is 4.90. The molecular weight excluding hydrogens is 591 g/mol. The van der Waals surface area contributed by atoms with Gasteiger partial charge >= 0.3 is 6.18 Å². The summed E-state index contributed by atoms with van der Waals surface area (Å²) in [6.45, 7) is 2.84. The molecule has 0 bridgehead atoms. The zero-order chi connectivity index (χ0) is 32.2. The van der Waals surface area contributed by atoms with Crippen LogP contribution in [0.3, 0.4) is 0 Å². The van der Waals surface area contributed by atoms with E-state index in [0.717, 1.165) is 18.2 Å². The summed E-state index contributed by atoms with van der Waals surface area (Å²) in [7, 11) is -4.46. The Hall–Kier alpha value is -4.07. The van der Waals surface area contributed by atoms with Crippen molar-refractivity contribution in [2.75, 3.05) is 6.26 Å². The second kappa shape index (κ2) is 13.1. The first-order chi connectivity index (χ1) is 20.0. The number of allylic oxidation sites excluding steroid dienone is 3. The van der Waals surface area contributed by atoms with E-state index in [4.69, 9.17) is 5.26 Å². The van der Waals surface area contributed by atoms with E-state index in [1.54, 1.807) is 42.5 Å². The molecule has 2 N–H and O–H groups in total. The van der Waals surface area contributed by atoms with Gasteiger partial charge in [0.05, 0.1) is 23.7 Å². The molecule has 0 saturated carbocycles. The van der Waals surface area contributed by atoms with Crippen LogP contribution in [0.15, 0.2) is 60.7 Å². The van der Waals surface area contributed by atoms with Gasteiger partial charge < -0.3 is 5.32 Å². The average Bonchev–Trinajstić information content (AvgIpc) is 2.93. The van der Waals surface area contributed by atoms with Crippen LogP contribution in [-0.2, 0) is 21.1 Å². The molecule has 13 heteroatoms. The number of benzene rings is 2. The van der Waals surface area contributed by atoms with Crippen molar-refractivity contribution in [2.24, 2.45) is 5.92 Å². The summed E-state index contributed by atoms with van der Waals surface area (Å²) < 4.78 is 96.4. The molecule has 7 nitrogen and oxygen atoms in total. The van der Waals surface area contributed by atoms with Crippen molar-refractivity contribution in [1.29, 1.82) is 10.5 Å². The number of nitrogens with one attached hydrogen (secondary N) is 2. The van der Waals surface area contributed by atoms with Gasteiger partial charge in [0.1, 0.15) is 28.5 Å². The number of hydrogen-bond donors (Lipinski definition) is 2. The van der Waals surface area contributed by atoms with Gasteiger partial charge in [0, 0.05) is 18.2 Å². The molecule has 1 aliphatic rings. The predicted molar refractivity (Wildman–Crippen MR) is 150 cm³/mol. The zero-order valence-corrected chi connectivity index (χ0v) is 24.2. The minimum Gasteiger partial charge on any atom is -0.339 e. The highest BCUT2D eigenvalue weighted by Crippen LogP contribution is 2.41. The lowest BCUT2D eigenvalue weighted by molar-refractivity contribution is -0.165. The minimum atomic E-state index is -5.15. The Morgan fingerprint density at radius 3 is 2.14 bits per heavy atom. The molecule has 0 saturated heterocycles. The Bertz CT molecular complexity index is 1590. The maximum atomic E-state index is 14.7. The first-order valence-electron chi connectivity index (χ1n) is 13.1. The Balaban J connectivity index is 1.93. The van der Waals surface area contributed by atoms with Gasteiger partial charge in [-0.25, -0.2) is 17.2 Å². The molecule has 1 aliphatic carbocycles. The molecule has 2 aromatic rings. The van der Waals surface area contributed by atoms with Crippen molar-refractivity contribution in [2.45, 2.75) is 55.7 Å². The monoisotopic (exact) mass is 620 g/mol. The molecule has 0 heterocycles. The number of hydrogen-bond acceptors (Lipinski definition) is 6. The summed E-state index contributed by atoms with van der Waals surface area (Å²) in [5.41, 5.74) is 0.297. The summed E-state index contributed by atoms with van der Waals surface area (Å²) in [6.07, 6.45) is -2.00. The molecule has 0 radical (unpaired) electrons. The van der Waals surface area contributed by atoms with Crippen LogP contribution in [0.4, 0.5) is 22.0 Å². The largest absolute Gasteiger partial charge is 0.405 e. The third-order valence-electron chi connectivity index (χ3n) is 7.25. The molecule has 0 spiro atoms. The zero-order valence-electron chi connectivity index (χ0n) is 23.4. The molecule has 228 valence electrons. The normalized spacial score (nSPS) is 19.1. The quantitative estimate of drug-likeness (QED) is 0.370. The van der Waals surface area contributed by atoms with Gasteiger partial charge in [-0.15, -0.1) is 0 Å². The lowest BCUT2D eigenvalue weighted by atomic mass is 9.85. The number of alkyl halides is 3. The summed E-state index contributed by atoms with van der Waals surface area (Å²) in [4.78, 5) is 13.2. The molecule has 43 heavy (non-hydrogen) atoms. The van der Waals surface area contributed by atoms with Crippen LogP contribution in [0.2, 0.25) is 0 Å². The maximum Gasteiger partial charge on any atom is 0.405 e. The van der Waals surface area contributed by atoms with Crippen molar-refractivity contribution in [3.63, 3.8) is 0 Å². The van der Waals surface area contributed by atoms with Crippen LogP contribution >= 0.6 is 0 Å². The van der Waals surface area contributed by atoms with Crippen LogP contribution in [0, 0.1) is 40.2 Å². The number of nitriles is 2. The highest BCUT2D eigenvalue weighted by molar-refractivity contribution is 7.92. The van der Waals surface area contributed by atoms with Crippen LogP contribution < -0.4 is 10.6 Å². The number of carbonyl (C=O) groups is 1. The third kappa shape index (κ3) is 7.48. The van der Waals surface area contributed by atoms with Crippen molar-refractivity contribution >= 4 is 21.3 Å². The number of amides is 1. The van der Waals surface area contributed by atoms with E-state index in [0.29, 0.717) is 17.4 Å². The van der Waals surface area contributed by atoms with E-state index in [1.165, 1.54) is 26.0 Å². The van der Waals surface area contributed by atoms with E-state index >= 15 is 0 Å². The van der Waals surface area contributed by atoms with Crippen molar-refractivity contribution in [1.82, 2.24) is 10.6 Å². The van der Waals surface area contributed by atoms with Gasteiger partial charge in [-0.1, -0.05) is 62.4 Å². The van der Waals surface area contributed by atoms with Crippen LogP contribution in [0.25, 0.3) is 5.57 Å². The second-order valence-corrected chi connectivity index (χ2v) is 12.9. The van der Waals surface area contributed by atoms with Crippen LogP contribution in [0.1, 0.15) is 37.0 Å². The molecular formula is C30H29F5N4O3S. The fourth-order valence-corrected chi connectivity index (χ4v) is 6.24. The summed E-state index contributed by atoms with van der Waals surface area (Å²) in [5, 5.41) is 22.9. The topological polar surface area (TPSA) is 123 Å². The predicted octanol–water partition coefficient (Wildman–Crippen LogP) is 4.76. The number of rotatable bonds is 10. The van der Waals surface area contributed by atoms with Gasteiger partial charge in [0.15, 0.2) is 9.84 Å². The highest BCUT2D eigenvalue weighted by Gasteiger charge is 2.59. The molecule has 3 rings (SSSR count). The highest BCUT2D eigenvalue weighted by atomic mass is 32.2. The number of sulfone groups is 1. The van der Waals surface area contributed by atoms with E-state index in [9.17, 15) is 40.4 Å². The molecule has 0 aliphatic heterocycles. The first-order valence-corrected chi connectivity index (χ1v) is 15.0. The van der Waals surface area contributed by atoms with Crippen molar-refractivity contribution in [3.8, 4) is 12.1 Å². The second-order valence-electron chi connectivity index (χ2n) is 10.6. The lowest BCUT2D eigenvalue weighted by Gasteiger charge is -2.41. The van der Waals surface area contributed by atoms with Crippen molar-refractivity contribution in [3.05, 3.63) is 89.0 Å². The third-order valence-corrected chi connectivity index (χ3v) is 9.16. The Labute approximate surface area is 246 Å². The van der Waals surface area contributed by atoms with E-state index in [-0.39, 0.29) is 5.56 Å². The van der Waals surface area contributed by atoms with E-state index in [1.807, 2.05) is 0 Å². The SMILES string of the molecule is CC(C)C(N[C@@H](C(F)(F)F)[C@@]1(S(C)(=O)=O)C=CC(c2ccccc2)=CC1)C(=O)N[C@H](C#N)Cc1c(F)cc(C#N)cc1F. The molecule has 0 fully saturated rings. The van der Waals surface area contributed by atoms with E-state index in [2.05, 4.69) is 10.6 Å². The van der Waals surface area contributed by atoms with Gasteiger partial charge in [-0.05, 0) is 35.6 Å². The van der Waals surface area contributed by atoms with Gasteiger partial charge in [-0.3, -0.25) is 10.1 Å².